The van der Waals surface area contributed by atoms with Crippen molar-refractivity contribution in [2.45, 2.75) is 12.5 Å². The van der Waals surface area contributed by atoms with E-state index in [4.69, 9.17) is 4.74 Å². The van der Waals surface area contributed by atoms with E-state index in [0.717, 1.165) is 4.47 Å². The number of hydrogen-bond acceptors (Lipinski definition) is 3. The highest BCUT2D eigenvalue weighted by Gasteiger charge is 2.28. The van der Waals surface area contributed by atoms with Crippen LogP contribution in [0.1, 0.15) is 16.8 Å². The van der Waals surface area contributed by atoms with Gasteiger partial charge in [-0.2, -0.15) is 0 Å². The van der Waals surface area contributed by atoms with Crippen molar-refractivity contribution in [3.63, 3.8) is 0 Å². The number of amides is 1. The van der Waals surface area contributed by atoms with Crippen molar-refractivity contribution in [2.24, 2.45) is 0 Å². The van der Waals surface area contributed by atoms with Gasteiger partial charge in [-0.1, -0.05) is 22.0 Å². The Morgan fingerprint density at radius 3 is 2.94 bits per heavy atom. The number of halogens is 1. The molecule has 0 bridgehead atoms. The lowest BCUT2D eigenvalue weighted by Gasteiger charge is -2.08. The Labute approximate surface area is 101 Å². The van der Waals surface area contributed by atoms with Crippen LogP contribution in [0.25, 0.3) is 0 Å². The second-order valence-corrected chi connectivity index (χ2v) is 4.41. The molecule has 1 aliphatic heterocycles. The molecule has 0 saturated carbocycles. The molecule has 0 spiro atoms. The number of esters is 1. The van der Waals surface area contributed by atoms with Gasteiger partial charge in [0.1, 0.15) is 6.04 Å². The standard InChI is InChI=1S/C11H10BrNO3/c12-8-3-1-2-7(6-8)10(14)13-9-4-5-16-11(9)15/h1-3,6,9H,4-5H2,(H,13,14). The average Bonchev–Trinajstić information content (AvgIpc) is 2.64. The number of hydrogen-bond donors (Lipinski definition) is 1. The van der Waals surface area contributed by atoms with E-state index in [1.165, 1.54) is 0 Å². The van der Waals surface area contributed by atoms with E-state index in [2.05, 4.69) is 21.2 Å². The fourth-order valence-corrected chi connectivity index (χ4v) is 1.90. The molecule has 1 heterocycles. The Kier molecular flexibility index (Phi) is 3.24. The molecule has 2 rings (SSSR count). The highest BCUT2D eigenvalue weighted by atomic mass is 79.9. The lowest BCUT2D eigenvalue weighted by molar-refractivity contribution is -0.139. The molecule has 16 heavy (non-hydrogen) atoms. The first-order chi connectivity index (χ1) is 7.66. The normalized spacial score (nSPS) is 19.3. The molecule has 4 nitrogen and oxygen atoms in total. The van der Waals surface area contributed by atoms with Crippen LogP contribution in [0.3, 0.4) is 0 Å². The third kappa shape index (κ3) is 2.41. The summed E-state index contributed by atoms with van der Waals surface area (Å²) >= 11 is 3.28. The first-order valence-corrected chi connectivity index (χ1v) is 5.69. The zero-order chi connectivity index (χ0) is 11.5. The molecule has 1 N–H and O–H groups in total. The molecule has 1 amide bonds. The van der Waals surface area contributed by atoms with Gasteiger partial charge < -0.3 is 10.1 Å². The summed E-state index contributed by atoms with van der Waals surface area (Å²) in [6.07, 6.45) is 0.540. The van der Waals surface area contributed by atoms with Crippen molar-refractivity contribution < 1.29 is 14.3 Å². The molecule has 0 aromatic heterocycles. The number of carbonyl (C=O) groups excluding carboxylic acids is 2. The number of benzene rings is 1. The van der Waals surface area contributed by atoms with E-state index >= 15 is 0 Å². The van der Waals surface area contributed by atoms with Gasteiger partial charge in [0.25, 0.3) is 5.91 Å². The summed E-state index contributed by atoms with van der Waals surface area (Å²) in [4.78, 5) is 22.9. The lowest BCUT2D eigenvalue weighted by Crippen LogP contribution is -2.37. The van der Waals surface area contributed by atoms with E-state index in [9.17, 15) is 9.59 Å². The summed E-state index contributed by atoms with van der Waals surface area (Å²) in [5.41, 5.74) is 0.522. The molecule has 1 aromatic carbocycles. The summed E-state index contributed by atoms with van der Waals surface area (Å²) in [5, 5.41) is 2.64. The molecule has 1 fully saturated rings. The molecular formula is C11H10BrNO3. The van der Waals surface area contributed by atoms with Crippen molar-refractivity contribution in [1.82, 2.24) is 5.32 Å². The van der Waals surface area contributed by atoms with Crippen molar-refractivity contribution in [1.29, 1.82) is 0 Å². The van der Waals surface area contributed by atoms with Gasteiger partial charge in [-0.15, -0.1) is 0 Å². The molecule has 84 valence electrons. The van der Waals surface area contributed by atoms with Crippen LogP contribution in [-0.2, 0) is 9.53 Å². The maximum Gasteiger partial charge on any atom is 0.328 e. The van der Waals surface area contributed by atoms with Gasteiger partial charge in [0.05, 0.1) is 6.61 Å². The highest BCUT2D eigenvalue weighted by Crippen LogP contribution is 2.12. The lowest BCUT2D eigenvalue weighted by atomic mass is 10.2. The quantitative estimate of drug-likeness (QED) is 0.837. The Morgan fingerprint density at radius 1 is 1.50 bits per heavy atom. The summed E-state index contributed by atoms with van der Waals surface area (Å²) in [5.74, 6) is -0.617. The third-order valence-electron chi connectivity index (χ3n) is 2.33. The van der Waals surface area contributed by atoms with E-state index in [-0.39, 0.29) is 11.9 Å². The molecule has 1 aromatic rings. The maximum atomic E-state index is 11.8. The summed E-state index contributed by atoms with van der Waals surface area (Å²) < 4.78 is 5.59. The molecule has 0 aliphatic carbocycles. The molecule has 1 atom stereocenters. The minimum absolute atomic E-state index is 0.259. The van der Waals surface area contributed by atoms with Crippen molar-refractivity contribution >= 4 is 27.8 Å². The minimum atomic E-state index is -0.508. The van der Waals surface area contributed by atoms with Gasteiger partial charge in [0.15, 0.2) is 0 Å². The average molecular weight is 284 g/mol. The summed E-state index contributed by atoms with van der Waals surface area (Å²) in [6, 6.07) is 6.49. The monoisotopic (exact) mass is 283 g/mol. The minimum Gasteiger partial charge on any atom is -0.464 e. The van der Waals surface area contributed by atoms with E-state index in [1.54, 1.807) is 18.2 Å². The van der Waals surface area contributed by atoms with Gasteiger partial charge in [-0.05, 0) is 18.2 Å². The molecule has 0 radical (unpaired) electrons. The Balaban J connectivity index is 2.05. The van der Waals surface area contributed by atoms with Gasteiger partial charge >= 0.3 is 5.97 Å². The number of cyclic esters (lactones) is 1. The fraction of sp³-hybridized carbons (Fsp3) is 0.273. The number of ether oxygens (including phenoxy) is 1. The van der Waals surface area contributed by atoms with Crippen LogP contribution in [0.4, 0.5) is 0 Å². The SMILES string of the molecule is O=C(NC1CCOC1=O)c1cccc(Br)c1. The number of rotatable bonds is 2. The zero-order valence-corrected chi connectivity index (χ0v) is 9.99. The van der Waals surface area contributed by atoms with Crippen LogP contribution in [-0.4, -0.2) is 24.5 Å². The Hall–Kier alpha value is -1.36. The van der Waals surface area contributed by atoms with Gasteiger partial charge in [-0.25, -0.2) is 4.79 Å². The van der Waals surface area contributed by atoms with E-state index < -0.39 is 6.04 Å². The van der Waals surface area contributed by atoms with Crippen LogP contribution in [0.2, 0.25) is 0 Å². The van der Waals surface area contributed by atoms with E-state index in [1.807, 2.05) is 6.07 Å². The van der Waals surface area contributed by atoms with Crippen LogP contribution in [0, 0.1) is 0 Å². The Bertz CT molecular complexity index is 433. The summed E-state index contributed by atoms with van der Waals surface area (Å²) in [7, 11) is 0. The maximum absolute atomic E-state index is 11.8. The highest BCUT2D eigenvalue weighted by molar-refractivity contribution is 9.10. The molecule has 1 aliphatic rings. The molecule has 1 saturated heterocycles. The van der Waals surface area contributed by atoms with Crippen molar-refractivity contribution in [2.75, 3.05) is 6.61 Å². The smallest absolute Gasteiger partial charge is 0.328 e. The van der Waals surface area contributed by atoms with Crippen LogP contribution < -0.4 is 5.32 Å². The predicted octanol–water partition coefficient (Wildman–Crippen LogP) is 1.49. The first-order valence-electron chi connectivity index (χ1n) is 4.90. The van der Waals surface area contributed by atoms with Gasteiger partial charge in [-0.3, -0.25) is 4.79 Å². The summed E-state index contributed by atoms with van der Waals surface area (Å²) in [6.45, 7) is 0.377. The molecule has 1 unspecified atom stereocenters. The van der Waals surface area contributed by atoms with Gasteiger partial charge in [0.2, 0.25) is 0 Å². The zero-order valence-electron chi connectivity index (χ0n) is 8.40. The van der Waals surface area contributed by atoms with Crippen molar-refractivity contribution in [3.8, 4) is 0 Å². The van der Waals surface area contributed by atoms with Crippen LogP contribution in [0.5, 0.6) is 0 Å². The Morgan fingerprint density at radius 2 is 2.31 bits per heavy atom. The largest absolute Gasteiger partial charge is 0.464 e. The van der Waals surface area contributed by atoms with Crippen molar-refractivity contribution in [3.05, 3.63) is 34.3 Å². The second-order valence-electron chi connectivity index (χ2n) is 3.49. The third-order valence-corrected chi connectivity index (χ3v) is 2.82. The topological polar surface area (TPSA) is 55.4 Å². The fourth-order valence-electron chi connectivity index (χ4n) is 1.50. The van der Waals surface area contributed by atoms with Gasteiger partial charge in [0, 0.05) is 16.5 Å². The first kappa shape index (κ1) is 11.1. The molecular weight excluding hydrogens is 274 g/mol. The number of carbonyl (C=O) groups is 2. The van der Waals surface area contributed by atoms with Crippen LogP contribution in [0.15, 0.2) is 28.7 Å². The molecule has 5 heteroatoms. The van der Waals surface area contributed by atoms with E-state index in [0.29, 0.717) is 18.6 Å². The van der Waals surface area contributed by atoms with Crippen LogP contribution >= 0.6 is 15.9 Å². The second kappa shape index (κ2) is 4.65. The predicted molar refractivity (Wildman–Crippen MR) is 61.0 cm³/mol. The number of nitrogens with one attached hydrogen (secondary N) is 1.